The third-order valence-corrected chi connectivity index (χ3v) is 2.03. The molecule has 0 unspecified atom stereocenters. The minimum Gasteiger partial charge on any atom is -0.244 e. The van der Waals surface area contributed by atoms with E-state index in [1.165, 1.54) is 6.07 Å². The molecule has 0 saturated carbocycles. The molecule has 0 fully saturated rings. The zero-order chi connectivity index (χ0) is 10.3. The number of hydrogen-bond acceptors (Lipinski definition) is 1. The lowest BCUT2D eigenvalue weighted by molar-refractivity contribution is 0.453. The molecule has 5 heteroatoms. The smallest absolute Gasteiger partial charge is 0.195 e. The lowest BCUT2D eigenvalue weighted by atomic mass is 10.1. The molecule has 14 heavy (non-hydrogen) atoms. The van der Waals surface area contributed by atoms with Gasteiger partial charge in [0.2, 0.25) is 0 Å². The molecule has 0 radical (unpaired) electrons. The second-order valence-corrected chi connectivity index (χ2v) is 3.10. The Morgan fingerprint density at radius 1 is 1.07 bits per heavy atom. The van der Waals surface area contributed by atoms with Gasteiger partial charge in [0, 0.05) is 11.6 Å². The molecular formula is C9H3ClF3N. The number of rotatable bonds is 0. The third kappa shape index (κ3) is 1.32. The van der Waals surface area contributed by atoms with E-state index < -0.39 is 17.5 Å². The van der Waals surface area contributed by atoms with Gasteiger partial charge in [-0.1, -0.05) is 11.6 Å². The Morgan fingerprint density at radius 3 is 2.50 bits per heavy atom. The molecule has 1 nitrogen and oxygen atoms in total. The van der Waals surface area contributed by atoms with Crippen LogP contribution in [0.3, 0.4) is 0 Å². The Balaban J connectivity index is 2.91. The van der Waals surface area contributed by atoms with Gasteiger partial charge in [-0.3, -0.25) is 0 Å². The molecule has 0 amide bonds. The molecule has 2 aromatic rings. The van der Waals surface area contributed by atoms with E-state index in [1.54, 1.807) is 0 Å². The van der Waals surface area contributed by atoms with Crippen molar-refractivity contribution in [1.82, 2.24) is 4.98 Å². The summed E-state index contributed by atoms with van der Waals surface area (Å²) in [6.07, 6.45) is 1.06. The van der Waals surface area contributed by atoms with Gasteiger partial charge in [0.05, 0.1) is 0 Å². The van der Waals surface area contributed by atoms with E-state index in [1.807, 2.05) is 0 Å². The fourth-order valence-electron chi connectivity index (χ4n) is 1.17. The van der Waals surface area contributed by atoms with E-state index in [2.05, 4.69) is 4.98 Å². The first-order valence-corrected chi connectivity index (χ1v) is 4.06. The summed E-state index contributed by atoms with van der Waals surface area (Å²) in [5.41, 5.74) is 0. The van der Waals surface area contributed by atoms with E-state index in [4.69, 9.17) is 11.6 Å². The summed E-state index contributed by atoms with van der Waals surface area (Å²) in [5.74, 6) is -3.98. The highest BCUT2D eigenvalue weighted by molar-refractivity contribution is 6.30. The van der Waals surface area contributed by atoms with E-state index in [9.17, 15) is 13.2 Å². The Labute approximate surface area is 82.1 Å². The number of hydrogen-bond donors (Lipinski definition) is 0. The second-order valence-electron chi connectivity index (χ2n) is 2.71. The molecule has 72 valence electrons. The number of aromatic nitrogens is 1. The quantitative estimate of drug-likeness (QED) is 0.487. The predicted octanol–water partition coefficient (Wildman–Crippen LogP) is 3.31. The summed E-state index contributed by atoms with van der Waals surface area (Å²) < 4.78 is 38.6. The van der Waals surface area contributed by atoms with Crippen LogP contribution in [0.25, 0.3) is 10.8 Å². The average Bonchev–Trinajstić information content (AvgIpc) is 2.14. The van der Waals surface area contributed by atoms with Crippen molar-refractivity contribution in [3.05, 3.63) is 40.9 Å². The molecule has 0 aliphatic rings. The predicted molar refractivity (Wildman–Crippen MR) is 46.6 cm³/mol. The van der Waals surface area contributed by atoms with Crippen LogP contribution in [0, 0.1) is 17.5 Å². The molecule has 2 rings (SSSR count). The van der Waals surface area contributed by atoms with Crippen LogP contribution in [0.5, 0.6) is 0 Å². The minimum atomic E-state index is -1.50. The summed E-state index contributed by atoms with van der Waals surface area (Å²) in [4.78, 5) is 3.58. The molecule has 0 aliphatic carbocycles. The first kappa shape index (κ1) is 9.27. The first-order valence-electron chi connectivity index (χ1n) is 3.68. The normalized spacial score (nSPS) is 10.9. The zero-order valence-corrected chi connectivity index (χ0v) is 7.45. The standard InChI is InChI=1S/C9H3ClF3N/c10-7-2-4-1-6(11)9(13)8(12)5(4)3-14-7/h1-3H. The summed E-state index contributed by atoms with van der Waals surface area (Å²) in [7, 11) is 0. The van der Waals surface area contributed by atoms with Crippen LogP contribution in [0.4, 0.5) is 13.2 Å². The van der Waals surface area contributed by atoms with E-state index in [0.717, 1.165) is 12.3 Å². The molecule has 0 atom stereocenters. The van der Waals surface area contributed by atoms with Crippen molar-refractivity contribution in [1.29, 1.82) is 0 Å². The minimum absolute atomic E-state index is 0.0895. The van der Waals surface area contributed by atoms with Gasteiger partial charge in [-0.25, -0.2) is 18.2 Å². The monoisotopic (exact) mass is 217 g/mol. The SMILES string of the molecule is Fc1cc2cc(Cl)ncc2c(F)c1F. The van der Waals surface area contributed by atoms with Crippen molar-refractivity contribution < 1.29 is 13.2 Å². The van der Waals surface area contributed by atoms with Gasteiger partial charge in [0.15, 0.2) is 17.5 Å². The number of pyridine rings is 1. The lowest BCUT2D eigenvalue weighted by Gasteiger charge is -2.01. The number of halogens is 4. The van der Waals surface area contributed by atoms with Crippen LogP contribution in [0.1, 0.15) is 0 Å². The van der Waals surface area contributed by atoms with E-state index in [0.29, 0.717) is 0 Å². The highest BCUT2D eigenvalue weighted by Gasteiger charge is 2.13. The first-order chi connectivity index (χ1) is 6.59. The molecule has 0 saturated heterocycles. The Morgan fingerprint density at radius 2 is 1.79 bits per heavy atom. The Kier molecular flexibility index (Phi) is 2.07. The number of nitrogens with zero attached hydrogens (tertiary/aromatic N) is 1. The van der Waals surface area contributed by atoms with Gasteiger partial charge in [-0.05, 0) is 17.5 Å². The van der Waals surface area contributed by atoms with Crippen molar-refractivity contribution in [2.45, 2.75) is 0 Å². The summed E-state index contributed by atoms with van der Waals surface area (Å²) >= 11 is 5.51. The highest BCUT2D eigenvalue weighted by Crippen LogP contribution is 2.23. The van der Waals surface area contributed by atoms with Crippen molar-refractivity contribution >= 4 is 22.4 Å². The number of fused-ring (bicyclic) bond motifs is 1. The summed E-state index contributed by atoms with van der Waals surface area (Å²) in [6, 6.07) is 2.14. The summed E-state index contributed by atoms with van der Waals surface area (Å²) in [6.45, 7) is 0. The maximum absolute atomic E-state index is 13.1. The largest absolute Gasteiger partial charge is 0.244 e. The molecule has 1 aromatic heterocycles. The molecule has 1 heterocycles. The molecule has 0 aliphatic heterocycles. The van der Waals surface area contributed by atoms with Crippen molar-refractivity contribution in [3.63, 3.8) is 0 Å². The van der Waals surface area contributed by atoms with Crippen LogP contribution < -0.4 is 0 Å². The van der Waals surface area contributed by atoms with Crippen LogP contribution in [0.2, 0.25) is 5.15 Å². The Bertz CT molecular complexity index is 513. The second kappa shape index (κ2) is 3.13. The zero-order valence-electron chi connectivity index (χ0n) is 6.69. The van der Waals surface area contributed by atoms with Crippen LogP contribution in [0.15, 0.2) is 18.3 Å². The summed E-state index contributed by atoms with van der Waals surface area (Å²) in [5, 5.41) is 0.192. The maximum atomic E-state index is 13.1. The van der Waals surface area contributed by atoms with E-state index >= 15 is 0 Å². The van der Waals surface area contributed by atoms with Gasteiger partial charge >= 0.3 is 0 Å². The van der Waals surface area contributed by atoms with Gasteiger partial charge in [-0.2, -0.15) is 0 Å². The van der Waals surface area contributed by atoms with Crippen molar-refractivity contribution in [2.24, 2.45) is 0 Å². The highest BCUT2D eigenvalue weighted by atomic mass is 35.5. The fourth-order valence-corrected chi connectivity index (χ4v) is 1.34. The lowest BCUT2D eigenvalue weighted by Crippen LogP contribution is -1.92. The Hall–Kier alpha value is -1.29. The fraction of sp³-hybridized carbons (Fsp3) is 0. The van der Waals surface area contributed by atoms with E-state index in [-0.39, 0.29) is 15.9 Å². The van der Waals surface area contributed by atoms with Crippen molar-refractivity contribution in [3.8, 4) is 0 Å². The topological polar surface area (TPSA) is 12.9 Å². The molecule has 1 aromatic carbocycles. The van der Waals surface area contributed by atoms with Crippen LogP contribution in [-0.2, 0) is 0 Å². The van der Waals surface area contributed by atoms with Gasteiger partial charge < -0.3 is 0 Å². The molecule has 0 bridgehead atoms. The molecule has 0 N–H and O–H groups in total. The average molecular weight is 218 g/mol. The van der Waals surface area contributed by atoms with Gasteiger partial charge in [0.25, 0.3) is 0 Å². The number of benzene rings is 1. The molecule has 0 spiro atoms. The molecular weight excluding hydrogens is 215 g/mol. The van der Waals surface area contributed by atoms with Crippen LogP contribution in [-0.4, -0.2) is 4.98 Å². The van der Waals surface area contributed by atoms with Crippen molar-refractivity contribution in [2.75, 3.05) is 0 Å². The maximum Gasteiger partial charge on any atom is 0.195 e. The van der Waals surface area contributed by atoms with Crippen LogP contribution >= 0.6 is 11.6 Å². The van der Waals surface area contributed by atoms with Gasteiger partial charge in [0.1, 0.15) is 5.15 Å². The van der Waals surface area contributed by atoms with Gasteiger partial charge in [-0.15, -0.1) is 0 Å². The third-order valence-electron chi connectivity index (χ3n) is 1.82.